The van der Waals surface area contributed by atoms with Crippen LogP contribution in [0, 0.1) is 13.8 Å². The van der Waals surface area contributed by atoms with Crippen molar-refractivity contribution in [1.29, 1.82) is 0 Å². The summed E-state index contributed by atoms with van der Waals surface area (Å²) in [6.45, 7) is 3.75. The first-order valence-corrected chi connectivity index (χ1v) is 20.3. The number of thioether (sulfide) groups is 1. The Labute approximate surface area is 299 Å². The highest BCUT2D eigenvalue weighted by molar-refractivity contribution is 8.03. The zero-order valence-corrected chi connectivity index (χ0v) is 30.4. The molecule has 256 valence electrons. The van der Waals surface area contributed by atoms with Crippen LogP contribution in [0.2, 0.25) is 0 Å². The van der Waals surface area contributed by atoms with Gasteiger partial charge >= 0.3 is 20.6 Å². The highest BCUT2D eigenvalue weighted by Crippen LogP contribution is 2.52. The third-order valence-electron chi connectivity index (χ3n) is 6.83. The minimum absolute atomic E-state index is 0.185. The number of sulfone groups is 1. The van der Waals surface area contributed by atoms with Gasteiger partial charge in [-0.1, -0.05) is 70.7 Å². The van der Waals surface area contributed by atoms with E-state index in [-0.39, 0.29) is 19.6 Å². The van der Waals surface area contributed by atoms with Gasteiger partial charge in [-0.15, -0.1) is 0 Å². The van der Waals surface area contributed by atoms with Crippen LogP contribution in [0.3, 0.4) is 0 Å². The van der Waals surface area contributed by atoms with E-state index >= 15 is 0 Å². The fourth-order valence-corrected chi connectivity index (χ4v) is 9.76. The van der Waals surface area contributed by atoms with Gasteiger partial charge < -0.3 is 0 Å². The lowest BCUT2D eigenvalue weighted by Crippen LogP contribution is -2.44. The predicted molar refractivity (Wildman–Crippen MR) is 187 cm³/mol. The van der Waals surface area contributed by atoms with Crippen molar-refractivity contribution in [2.75, 3.05) is 0 Å². The minimum atomic E-state index is -6.39. The van der Waals surface area contributed by atoms with Crippen LogP contribution < -0.4 is 0 Å². The number of halogens is 4. The van der Waals surface area contributed by atoms with Crippen molar-refractivity contribution in [2.24, 2.45) is 0 Å². The molecule has 0 aliphatic carbocycles. The molecule has 0 saturated heterocycles. The SMILES string of the molecule is Cc1ccc(Sc2cc(Sc3ccc(Sc4ccc(S(=O)(=O)c5ccc(C)cc5)cc4)cc3)ccc2SC(F)(F)C(F)(F)S(=O)(=O)O)cc1. The summed E-state index contributed by atoms with van der Waals surface area (Å²) in [5.74, 6) is 0. The average molecular weight is 783 g/mol. The summed E-state index contributed by atoms with van der Waals surface area (Å²) in [5.41, 5.74) is 1.91. The quantitative estimate of drug-likeness (QED) is 0.0755. The largest absolute Gasteiger partial charge is 0.442 e. The highest BCUT2D eigenvalue weighted by atomic mass is 32.2. The number of rotatable bonds is 12. The lowest BCUT2D eigenvalue weighted by atomic mass is 10.2. The first-order valence-electron chi connectivity index (χ1n) is 14.1. The van der Waals surface area contributed by atoms with Crippen molar-refractivity contribution in [1.82, 2.24) is 0 Å². The van der Waals surface area contributed by atoms with Crippen molar-refractivity contribution in [3.05, 3.63) is 126 Å². The van der Waals surface area contributed by atoms with Gasteiger partial charge in [0.1, 0.15) is 0 Å². The molecular formula is C34H26F4O5S6. The Bertz CT molecular complexity index is 2160. The molecule has 0 bridgehead atoms. The molecule has 0 saturated carbocycles. The maximum absolute atomic E-state index is 14.6. The monoisotopic (exact) mass is 782 g/mol. The van der Waals surface area contributed by atoms with E-state index in [4.69, 9.17) is 4.55 Å². The Morgan fingerprint density at radius 1 is 0.510 bits per heavy atom. The van der Waals surface area contributed by atoms with Crippen LogP contribution in [0.5, 0.6) is 0 Å². The zero-order chi connectivity index (χ0) is 35.6. The number of hydrogen-bond acceptors (Lipinski definition) is 8. The standard InChI is InChI=1S/C34H26F4O5S6/c1-22-3-7-27(8-4-22)46-32-21-28(15-20-31(32)47-33(35,36)34(37,38)49(41,42)43)45-25-11-9-24(10-12-25)44-26-13-18-30(19-14-26)48(39,40)29-16-5-23(2)6-17-29/h3-21H,1-2H3,(H,41,42,43). The third kappa shape index (κ3) is 8.88. The molecule has 0 heterocycles. The maximum Gasteiger partial charge on any atom is 0.442 e. The summed E-state index contributed by atoms with van der Waals surface area (Å²) in [4.78, 5) is 4.03. The van der Waals surface area contributed by atoms with Crippen molar-refractivity contribution in [3.63, 3.8) is 0 Å². The second kappa shape index (κ2) is 14.7. The number of hydrogen-bond donors (Lipinski definition) is 1. The molecule has 0 spiro atoms. The van der Waals surface area contributed by atoms with Gasteiger partial charge in [-0.2, -0.15) is 26.0 Å². The number of alkyl halides is 4. The predicted octanol–water partition coefficient (Wildman–Crippen LogP) is 10.8. The molecule has 5 aromatic rings. The van der Waals surface area contributed by atoms with Crippen molar-refractivity contribution >= 4 is 67.0 Å². The Kier molecular flexibility index (Phi) is 11.2. The van der Waals surface area contributed by atoms with Gasteiger partial charge in [-0.25, -0.2) is 8.42 Å². The Morgan fingerprint density at radius 2 is 0.878 bits per heavy atom. The summed E-state index contributed by atoms with van der Waals surface area (Å²) in [6, 6.07) is 32.0. The molecule has 0 unspecified atom stereocenters. The fourth-order valence-electron chi connectivity index (χ4n) is 4.19. The van der Waals surface area contributed by atoms with E-state index in [1.54, 1.807) is 78.9 Å². The first kappa shape index (κ1) is 37.3. The Morgan fingerprint density at radius 3 is 1.37 bits per heavy atom. The Balaban J connectivity index is 1.32. The van der Waals surface area contributed by atoms with Crippen LogP contribution >= 0.6 is 47.0 Å². The van der Waals surface area contributed by atoms with E-state index in [1.165, 1.54) is 35.7 Å². The van der Waals surface area contributed by atoms with Crippen molar-refractivity contribution < 1.29 is 39.0 Å². The Hall–Kier alpha value is -2.92. The minimum Gasteiger partial charge on any atom is -0.281 e. The van der Waals surface area contributed by atoms with E-state index in [1.807, 2.05) is 38.1 Å². The lowest BCUT2D eigenvalue weighted by Gasteiger charge is -2.24. The first-order chi connectivity index (χ1) is 22.9. The molecule has 0 fully saturated rings. The molecule has 49 heavy (non-hydrogen) atoms. The topological polar surface area (TPSA) is 88.5 Å². The van der Waals surface area contributed by atoms with E-state index in [0.29, 0.717) is 9.79 Å². The summed E-state index contributed by atoms with van der Waals surface area (Å²) in [6.07, 6.45) is 0. The van der Waals surface area contributed by atoms with Gasteiger partial charge in [0.25, 0.3) is 0 Å². The van der Waals surface area contributed by atoms with Crippen LogP contribution in [-0.2, 0) is 20.0 Å². The van der Waals surface area contributed by atoms with Crippen LogP contribution in [0.4, 0.5) is 17.6 Å². The molecular weight excluding hydrogens is 757 g/mol. The number of benzene rings is 5. The molecule has 5 nitrogen and oxygen atoms in total. The lowest BCUT2D eigenvalue weighted by molar-refractivity contribution is -0.0947. The molecule has 5 aromatic carbocycles. The second-order valence-electron chi connectivity index (χ2n) is 10.6. The van der Waals surface area contributed by atoms with Gasteiger partial charge in [0, 0.05) is 34.3 Å². The van der Waals surface area contributed by atoms with Gasteiger partial charge in [0.2, 0.25) is 9.84 Å². The molecule has 0 atom stereocenters. The van der Waals surface area contributed by atoms with Gasteiger partial charge in [-0.3, -0.25) is 4.55 Å². The second-order valence-corrected chi connectivity index (χ2v) is 18.6. The van der Waals surface area contributed by atoms with E-state index in [2.05, 4.69) is 0 Å². The molecule has 15 heteroatoms. The van der Waals surface area contributed by atoms with E-state index < -0.39 is 42.2 Å². The van der Waals surface area contributed by atoms with Crippen LogP contribution in [0.15, 0.2) is 159 Å². The molecule has 5 rings (SSSR count). The number of aryl methyl sites for hydroxylation is 2. The molecule has 0 aliphatic heterocycles. The van der Waals surface area contributed by atoms with Crippen LogP contribution in [0.25, 0.3) is 0 Å². The summed E-state index contributed by atoms with van der Waals surface area (Å²) in [5, 5.41) is -10.9. The van der Waals surface area contributed by atoms with E-state index in [0.717, 1.165) is 37.6 Å². The molecule has 1 N–H and O–H groups in total. The van der Waals surface area contributed by atoms with Crippen LogP contribution in [-0.4, -0.2) is 31.9 Å². The van der Waals surface area contributed by atoms with E-state index in [9.17, 15) is 34.4 Å². The molecule has 0 aromatic heterocycles. The van der Waals surface area contributed by atoms with Crippen LogP contribution in [0.1, 0.15) is 11.1 Å². The smallest absolute Gasteiger partial charge is 0.281 e. The van der Waals surface area contributed by atoms with Gasteiger partial charge in [0.15, 0.2) is 0 Å². The average Bonchev–Trinajstić information content (AvgIpc) is 3.04. The normalized spacial score (nSPS) is 12.6. The maximum atomic E-state index is 14.6. The summed E-state index contributed by atoms with van der Waals surface area (Å²) < 4.78 is 114. The summed E-state index contributed by atoms with van der Waals surface area (Å²) in [7, 11) is -10.0. The fraction of sp³-hybridized carbons (Fsp3) is 0.118. The molecule has 0 radical (unpaired) electrons. The van der Waals surface area contributed by atoms with Crippen molar-refractivity contribution in [2.45, 2.75) is 68.4 Å². The molecule has 0 amide bonds. The van der Waals surface area contributed by atoms with Gasteiger partial charge in [-0.05, 0) is 117 Å². The zero-order valence-electron chi connectivity index (χ0n) is 25.5. The molecule has 0 aliphatic rings. The highest BCUT2D eigenvalue weighted by Gasteiger charge is 2.66. The third-order valence-corrected chi connectivity index (χ3v) is 13.9. The van der Waals surface area contributed by atoms with Gasteiger partial charge in [0.05, 0.1) is 9.79 Å². The van der Waals surface area contributed by atoms with Crippen molar-refractivity contribution in [3.8, 4) is 0 Å². The summed E-state index contributed by atoms with van der Waals surface area (Å²) >= 11 is 3.14.